The van der Waals surface area contributed by atoms with Gasteiger partial charge in [-0.05, 0) is 43.7 Å². The van der Waals surface area contributed by atoms with Crippen molar-refractivity contribution in [2.75, 3.05) is 6.54 Å². The summed E-state index contributed by atoms with van der Waals surface area (Å²) in [6.07, 6.45) is 0.950. The Morgan fingerprint density at radius 3 is 2.40 bits per heavy atom. The van der Waals surface area contributed by atoms with Crippen LogP contribution in [0.5, 0.6) is 0 Å². The zero-order valence-corrected chi connectivity index (χ0v) is 11.8. The minimum absolute atomic E-state index is 0.242. The molecule has 0 bridgehead atoms. The molecule has 0 fully saturated rings. The molecule has 2 rings (SSSR count). The van der Waals surface area contributed by atoms with Gasteiger partial charge in [-0.2, -0.15) is 0 Å². The maximum absolute atomic E-state index is 14.1. The second kappa shape index (κ2) is 6.62. The predicted octanol–water partition coefficient (Wildman–Crippen LogP) is 4.36. The molecule has 0 radical (unpaired) electrons. The van der Waals surface area contributed by atoms with Crippen LogP contribution in [0.25, 0.3) is 0 Å². The molecule has 0 heterocycles. The van der Waals surface area contributed by atoms with Crippen LogP contribution in [0.1, 0.15) is 36.1 Å². The van der Waals surface area contributed by atoms with E-state index in [1.165, 1.54) is 18.2 Å². The van der Waals surface area contributed by atoms with Crippen LogP contribution in [0.15, 0.2) is 42.5 Å². The zero-order valence-electron chi connectivity index (χ0n) is 11.8. The molecule has 2 aromatic rings. The van der Waals surface area contributed by atoms with Gasteiger partial charge in [-0.25, -0.2) is 8.78 Å². The van der Waals surface area contributed by atoms with Gasteiger partial charge in [-0.1, -0.05) is 36.8 Å². The van der Waals surface area contributed by atoms with E-state index < -0.39 is 0 Å². The van der Waals surface area contributed by atoms with Gasteiger partial charge in [-0.15, -0.1) is 0 Å². The average Bonchev–Trinajstić information content (AvgIpc) is 2.44. The van der Waals surface area contributed by atoms with Crippen molar-refractivity contribution < 1.29 is 8.78 Å². The largest absolute Gasteiger partial charge is 0.306 e. The number of halogens is 2. The second-order valence-corrected chi connectivity index (χ2v) is 4.96. The fourth-order valence-electron chi connectivity index (χ4n) is 2.24. The van der Waals surface area contributed by atoms with Crippen molar-refractivity contribution in [3.05, 3.63) is 70.8 Å². The molecule has 106 valence electrons. The summed E-state index contributed by atoms with van der Waals surface area (Å²) in [5, 5.41) is 3.33. The molecule has 2 aromatic carbocycles. The first-order valence-electron chi connectivity index (χ1n) is 6.86. The Balaban J connectivity index is 2.41. The fourth-order valence-corrected chi connectivity index (χ4v) is 2.24. The van der Waals surface area contributed by atoms with Crippen LogP contribution in [-0.4, -0.2) is 6.54 Å². The number of rotatable bonds is 5. The lowest BCUT2D eigenvalue weighted by molar-refractivity contribution is 0.545. The van der Waals surface area contributed by atoms with Crippen LogP contribution in [0.2, 0.25) is 0 Å². The van der Waals surface area contributed by atoms with Gasteiger partial charge < -0.3 is 5.32 Å². The topological polar surface area (TPSA) is 12.0 Å². The van der Waals surface area contributed by atoms with E-state index in [1.807, 2.05) is 13.0 Å². The van der Waals surface area contributed by atoms with Crippen LogP contribution in [0.4, 0.5) is 8.78 Å². The first kappa shape index (κ1) is 14.7. The zero-order chi connectivity index (χ0) is 14.5. The minimum Gasteiger partial charge on any atom is -0.306 e. The summed E-state index contributed by atoms with van der Waals surface area (Å²) in [6, 6.07) is 11.0. The highest BCUT2D eigenvalue weighted by Gasteiger charge is 2.17. The molecular formula is C17H19F2N. The lowest BCUT2D eigenvalue weighted by atomic mass is 9.96. The summed E-state index contributed by atoms with van der Waals surface area (Å²) in [5.74, 6) is -0.527. The highest BCUT2D eigenvalue weighted by atomic mass is 19.1. The van der Waals surface area contributed by atoms with Crippen molar-refractivity contribution in [3.8, 4) is 0 Å². The van der Waals surface area contributed by atoms with Crippen molar-refractivity contribution >= 4 is 0 Å². The van der Waals surface area contributed by atoms with Crippen LogP contribution in [-0.2, 0) is 0 Å². The molecule has 0 aliphatic heterocycles. The van der Waals surface area contributed by atoms with E-state index in [0.717, 1.165) is 24.1 Å². The summed E-state index contributed by atoms with van der Waals surface area (Å²) in [4.78, 5) is 0. The number of hydrogen-bond donors (Lipinski definition) is 1. The van der Waals surface area contributed by atoms with Gasteiger partial charge in [0.15, 0.2) is 0 Å². The summed E-state index contributed by atoms with van der Waals surface area (Å²) in [5.41, 5.74) is 2.47. The first-order valence-corrected chi connectivity index (χ1v) is 6.86. The summed E-state index contributed by atoms with van der Waals surface area (Å²) >= 11 is 0. The Hall–Kier alpha value is -1.74. The van der Waals surface area contributed by atoms with Crippen molar-refractivity contribution in [1.29, 1.82) is 0 Å². The fraction of sp³-hybridized carbons (Fsp3) is 0.294. The molecule has 1 N–H and O–H groups in total. The van der Waals surface area contributed by atoms with Crippen LogP contribution in [0.3, 0.4) is 0 Å². The van der Waals surface area contributed by atoms with E-state index in [9.17, 15) is 8.78 Å². The number of hydrogen-bond acceptors (Lipinski definition) is 1. The third-order valence-electron chi connectivity index (χ3n) is 3.26. The third-order valence-corrected chi connectivity index (χ3v) is 3.26. The predicted molar refractivity (Wildman–Crippen MR) is 77.7 cm³/mol. The van der Waals surface area contributed by atoms with Crippen LogP contribution < -0.4 is 5.32 Å². The van der Waals surface area contributed by atoms with Crippen molar-refractivity contribution in [2.24, 2.45) is 0 Å². The Kier molecular flexibility index (Phi) is 4.85. The number of aryl methyl sites for hydroxylation is 1. The maximum Gasteiger partial charge on any atom is 0.128 e. The molecule has 0 saturated carbocycles. The average molecular weight is 275 g/mol. The molecule has 20 heavy (non-hydrogen) atoms. The Morgan fingerprint density at radius 2 is 1.75 bits per heavy atom. The Labute approximate surface area is 118 Å². The van der Waals surface area contributed by atoms with E-state index in [0.29, 0.717) is 5.56 Å². The molecule has 0 aliphatic carbocycles. The number of nitrogens with one attached hydrogen (secondary N) is 1. The Morgan fingerprint density at radius 1 is 1.05 bits per heavy atom. The van der Waals surface area contributed by atoms with Gasteiger partial charge in [0.05, 0.1) is 6.04 Å². The quantitative estimate of drug-likeness (QED) is 0.854. The summed E-state index contributed by atoms with van der Waals surface area (Å²) in [7, 11) is 0. The molecule has 3 heteroatoms. The maximum atomic E-state index is 14.1. The van der Waals surface area contributed by atoms with E-state index in [4.69, 9.17) is 0 Å². The minimum atomic E-state index is -0.285. The van der Waals surface area contributed by atoms with Gasteiger partial charge in [-0.3, -0.25) is 0 Å². The highest BCUT2D eigenvalue weighted by molar-refractivity contribution is 5.35. The SMILES string of the molecule is CCCNC(c1ccc(F)cc1)c1cc(C)ccc1F. The third kappa shape index (κ3) is 3.42. The second-order valence-electron chi connectivity index (χ2n) is 4.96. The van der Waals surface area contributed by atoms with Crippen LogP contribution in [0, 0.1) is 18.6 Å². The Bertz CT molecular complexity index is 564. The smallest absolute Gasteiger partial charge is 0.128 e. The highest BCUT2D eigenvalue weighted by Crippen LogP contribution is 2.25. The van der Waals surface area contributed by atoms with E-state index in [-0.39, 0.29) is 17.7 Å². The van der Waals surface area contributed by atoms with Gasteiger partial charge in [0.25, 0.3) is 0 Å². The van der Waals surface area contributed by atoms with E-state index in [2.05, 4.69) is 12.2 Å². The van der Waals surface area contributed by atoms with Crippen molar-refractivity contribution in [1.82, 2.24) is 5.32 Å². The van der Waals surface area contributed by atoms with Gasteiger partial charge in [0.1, 0.15) is 11.6 Å². The van der Waals surface area contributed by atoms with Crippen molar-refractivity contribution in [3.63, 3.8) is 0 Å². The standard InChI is InChI=1S/C17H19F2N/c1-3-10-20-17(13-5-7-14(18)8-6-13)15-11-12(2)4-9-16(15)19/h4-9,11,17,20H,3,10H2,1-2H3. The van der Waals surface area contributed by atoms with E-state index in [1.54, 1.807) is 18.2 Å². The molecule has 0 amide bonds. The van der Waals surface area contributed by atoms with Gasteiger partial charge >= 0.3 is 0 Å². The monoisotopic (exact) mass is 275 g/mol. The molecule has 0 saturated heterocycles. The molecule has 0 aromatic heterocycles. The molecule has 0 aliphatic rings. The lowest BCUT2D eigenvalue weighted by Gasteiger charge is -2.20. The molecule has 0 spiro atoms. The lowest BCUT2D eigenvalue weighted by Crippen LogP contribution is -2.24. The molecule has 1 unspecified atom stereocenters. The molecular weight excluding hydrogens is 256 g/mol. The van der Waals surface area contributed by atoms with E-state index >= 15 is 0 Å². The summed E-state index contributed by atoms with van der Waals surface area (Å²) in [6.45, 7) is 4.77. The molecule has 1 nitrogen and oxygen atoms in total. The van der Waals surface area contributed by atoms with Gasteiger partial charge in [0, 0.05) is 5.56 Å². The number of benzene rings is 2. The molecule has 1 atom stereocenters. The van der Waals surface area contributed by atoms with Gasteiger partial charge in [0.2, 0.25) is 0 Å². The summed E-state index contributed by atoms with van der Waals surface area (Å²) < 4.78 is 27.2. The van der Waals surface area contributed by atoms with Crippen LogP contribution >= 0.6 is 0 Å². The first-order chi connectivity index (χ1) is 9.61. The van der Waals surface area contributed by atoms with Crippen molar-refractivity contribution in [2.45, 2.75) is 26.3 Å². The normalized spacial score (nSPS) is 12.4.